The zero-order valence-corrected chi connectivity index (χ0v) is 14.5. The van der Waals surface area contributed by atoms with Crippen molar-refractivity contribution in [2.45, 2.75) is 31.1 Å². The summed E-state index contributed by atoms with van der Waals surface area (Å²) in [5.41, 5.74) is 1.10. The number of aryl methyl sites for hydroxylation is 2. The Labute approximate surface area is 140 Å². The molecule has 2 aromatic rings. The Morgan fingerprint density at radius 3 is 2.61 bits per heavy atom. The summed E-state index contributed by atoms with van der Waals surface area (Å²) in [5, 5.41) is 0.0986. The van der Waals surface area contributed by atoms with E-state index in [0.29, 0.717) is 24.0 Å². The lowest BCUT2D eigenvalue weighted by atomic mass is 9.98. The van der Waals surface area contributed by atoms with Gasteiger partial charge in [0.1, 0.15) is 10.7 Å². The van der Waals surface area contributed by atoms with Crippen LogP contribution in [0.1, 0.15) is 35.0 Å². The summed E-state index contributed by atoms with van der Waals surface area (Å²) < 4.78 is 31.5. The SMILES string of the molecule is CCC(=O)c1cc(S(=O)(=O)NC)c(Cl)cc1CCc1ccco1. The lowest BCUT2D eigenvalue weighted by molar-refractivity contribution is 0.0987. The van der Waals surface area contributed by atoms with Crippen molar-refractivity contribution in [2.24, 2.45) is 0 Å². The largest absolute Gasteiger partial charge is 0.469 e. The highest BCUT2D eigenvalue weighted by molar-refractivity contribution is 7.89. The normalized spacial score (nSPS) is 11.6. The second-order valence-electron chi connectivity index (χ2n) is 5.00. The number of carbonyl (C=O) groups is 1. The van der Waals surface area contributed by atoms with Gasteiger partial charge in [-0.05, 0) is 43.3 Å². The standard InChI is InChI=1S/C16H18ClNO4S/c1-3-15(19)13-10-16(23(20,21)18-2)14(17)9-11(13)6-7-12-5-4-8-22-12/h4-5,8-10,18H,3,6-7H2,1-2H3. The van der Waals surface area contributed by atoms with Crippen LogP contribution in [0, 0.1) is 0 Å². The molecule has 7 heteroatoms. The first-order valence-corrected chi connectivity index (χ1v) is 9.06. The lowest BCUT2D eigenvalue weighted by Crippen LogP contribution is -2.20. The molecule has 1 aromatic carbocycles. The average Bonchev–Trinajstić information content (AvgIpc) is 3.05. The molecule has 0 aliphatic carbocycles. The summed E-state index contributed by atoms with van der Waals surface area (Å²) >= 11 is 6.12. The van der Waals surface area contributed by atoms with Crippen LogP contribution >= 0.6 is 11.6 Å². The highest BCUT2D eigenvalue weighted by atomic mass is 35.5. The average molecular weight is 356 g/mol. The van der Waals surface area contributed by atoms with E-state index in [1.54, 1.807) is 25.3 Å². The van der Waals surface area contributed by atoms with Gasteiger partial charge in [-0.25, -0.2) is 13.1 Å². The maximum Gasteiger partial charge on any atom is 0.241 e. The molecule has 0 atom stereocenters. The van der Waals surface area contributed by atoms with Crippen molar-refractivity contribution in [3.63, 3.8) is 0 Å². The highest BCUT2D eigenvalue weighted by Crippen LogP contribution is 2.27. The zero-order chi connectivity index (χ0) is 17.0. The first kappa shape index (κ1) is 17.7. The second-order valence-corrected chi connectivity index (χ2v) is 7.27. The van der Waals surface area contributed by atoms with Crippen molar-refractivity contribution in [2.75, 3.05) is 7.05 Å². The van der Waals surface area contributed by atoms with Crippen LogP contribution in [0.4, 0.5) is 0 Å². The van der Waals surface area contributed by atoms with E-state index >= 15 is 0 Å². The van der Waals surface area contributed by atoms with Gasteiger partial charge in [0.2, 0.25) is 10.0 Å². The van der Waals surface area contributed by atoms with E-state index in [1.165, 1.54) is 13.1 Å². The van der Waals surface area contributed by atoms with E-state index in [9.17, 15) is 13.2 Å². The molecule has 5 nitrogen and oxygen atoms in total. The Morgan fingerprint density at radius 2 is 2.04 bits per heavy atom. The molecule has 0 unspecified atom stereocenters. The number of nitrogens with one attached hydrogen (secondary N) is 1. The molecule has 23 heavy (non-hydrogen) atoms. The molecular weight excluding hydrogens is 338 g/mol. The van der Waals surface area contributed by atoms with Gasteiger partial charge in [0.05, 0.1) is 11.3 Å². The van der Waals surface area contributed by atoms with E-state index in [-0.39, 0.29) is 22.1 Å². The number of halogens is 1. The third kappa shape index (κ3) is 4.02. The van der Waals surface area contributed by atoms with Crippen molar-refractivity contribution in [3.05, 3.63) is 52.4 Å². The first-order valence-electron chi connectivity index (χ1n) is 7.20. The molecule has 0 radical (unpaired) electrons. The van der Waals surface area contributed by atoms with E-state index in [0.717, 1.165) is 5.76 Å². The molecule has 0 spiro atoms. The number of Topliss-reactive ketones (excluding diaryl/α,β-unsaturated/α-hetero) is 1. The van der Waals surface area contributed by atoms with Crippen LogP contribution in [0.2, 0.25) is 5.02 Å². The van der Waals surface area contributed by atoms with Crippen molar-refractivity contribution < 1.29 is 17.6 Å². The van der Waals surface area contributed by atoms with E-state index in [1.807, 2.05) is 6.07 Å². The highest BCUT2D eigenvalue weighted by Gasteiger charge is 2.21. The molecule has 1 N–H and O–H groups in total. The van der Waals surface area contributed by atoms with Crippen LogP contribution < -0.4 is 4.72 Å². The maximum atomic E-state index is 12.2. The Morgan fingerprint density at radius 1 is 1.30 bits per heavy atom. The maximum absolute atomic E-state index is 12.2. The molecular formula is C16H18ClNO4S. The molecule has 1 heterocycles. The summed E-state index contributed by atoms with van der Waals surface area (Å²) in [6, 6.07) is 6.56. The minimum absolute atomic E-state index is 0.0831. The monoisotopic (exact) mass is 355 g/mol. The molecule has 2 rings (SSSR count). The number of carbonyl (C=O) groups excluding carboxylic acids is 1. The Balaban J connectivity index is 2.44. The fourth-order valence-corrected chi connectivity index (χ4v) is 3.58. The zero-order valence-electron chi connectivity index (χ0n) is 12.9. The predicted octanol–water partition coefficient (Wildman–Crippen LogP) is 3.22. The second kappa shape index (κ2) is 7.29. The van der Waals surface area contributed by atoms with E-state index in [4.69, 9.17) is 16.0 Å². The van der Waals surface area contributed by atoms with Crippen molar-refractivity contribution >= 4 is 27.4 Å². The van der Waals surface area contributed by atoms with Gasteiger partial charge in [0.25, 0.3) is 0 Å². The number of hydrogen-bond acceptors (Lipinski definition) is 4. The summed E-state index contributed by atoms with van der Waals surface area (Å²) in [6.45, 7) is 1.74. The number of sulfonamides is 1. The van der Waals surface area contributed by atoms with Gasteiger partial charge < -0.3 is 4.42 Å². The van der Waals surface area contributed by atoms with Gasteiger partial charge in [-0.3, -0.25) is 4.79 Å². The fraction of sp³-hybridized carbons (Fsp3) is 0.312. The van der Waals surface area contributed by atoms with Crippen LogP contribution in [0.3, 0.4) is 0 Å². The molecule has 0 bridgehead atoms. The summed E-state index contributed by atoms with van der Waals surface area (Å²) in [4.78, 5) is 12.1. The van der Waals surface area contributed by atoms with Gasteiger partial charge in [-0.15, -0.1) is 0 Å². The van der Waals surface area contributed by atoms with E-state index < -0.39 is 10.0 Å². The van der Waals surface area contributed by atoms with Crippen LogP contribution in [-0.4, -0.2) is 21.2 Å². The van der Waals surface area contributed by atoms with Crippen LogP contribution in [-0.2, 0) is 22.9 Å². The van der Waals surface area contributed by atoms with Gasteiger partial charge >= 0.3 is 0 Å². The molecule has 1 aromatic heterocycles. The smallest absolute Gasteiger partial charge is 0.241 e. The molecule has 124 valence electrons. The van der Waals surface area contributed by atoms with Gasteiger partial charge in [0.15, 0.2) is 5.78 Å². The fourth-order valence-electron chi connectivity index (χ4n) is 2.28. The molecule has 0 saturated heterocycles. The van der Waals surface area contributed by atoms with Crippen LogP contribution in [0.25, 0.3) is 0 Å². The number of hydrogen-bond donors (Lipinski definition) is 1. The van der Waals surface area contributed by atoms with Gasteiger partial charge in [0, 0.05) is 18.4 Å². The van der Waals surface area contributed by atoms with Crippen molar-refractivity contribution in [1.29, 1.82) is 0 Å². The third-order valence-corrected chi connectivity index (χ3v) is 5.44. The lowest BCUT2D eigenvalue weighted by Gasteiger charge is -2.12. The minimum atomic E-state index is -3.72. The first-order chi connectivity index (χ1) is 10.9. The van der Waals surface area contributed by atoms with Crippen LogP contribution in [0.15, 0.2) is 39.8 Å². The van der Waals surface area contributed by atoms with Gasteiger partial charge in [-0.2, -0.15) is 0 Å². The molecule has 0 aliphatic heterocycles. The molecule has 0 aliphatic rings. The van der Waals surface area contributed by atoms with Gasteiger partial charge in [-0.1, -0.05) is 18.5 Å². The number of ketones is 1. The van der Waals surface area contributed by atoms with Crippen molar-refractivity contribution in [1.82, 2.24) is 4.72 Å². The van der Waals surface area contributed by atoms with Crippen molar-refractivity contribution in [3.8, 4) is 0 Å². The Hall–Kier alpha value is -1.63. The van der Waals surface area contributed by atoms with Crippen LogP contribution in [0.5, 0.6) is 0 Å². The molecule has 0 amide bonds. The van der Waals surface area contributed by atoms with E-state index in [2.05, 4.69) is 4.72 Å². The summed E-state index contributed by atoms with van der Waals surface area (Å²) in [7, 11) is -2.42. The third-order valence-electron chi connectivity index (χ3n) is 3.56. The number of benzene rings is 1. The topological polar surface area (TPSA) is 76.4 Å². The Bertz CT molecular complexity index is 798. The predicted molar refractivity (Wildman–Crippen MR) is 88.4 cm³/mol. The summed E-state index contributed by atoms with van der Waals surface area (Å²) in [5.74, 6) is 0.673. The number of rotatable bonds is 7. The Kier molecular flexibility index (Phi) is 5.62. The molecule has 0 fully saturated rings. The minimum Gasteiger partial charge on any atom is -0.469 e. The summed E-state index contributed by atoms with van der Waals surface area (Å²) in [6.07, 6.45) is 3.01. The number of furan rings is 1. The molecule has 0 saturated carbocycles. The quantitative estimate of drug-likeness (QED) is 0.773.